The van der Waals surface area contributed by atoms with Crippen molar-refractivity contribution in [3.8, 4) is 0 Å². The molecule has 4 fully saturated rings. The van der Waals surface area contributed by atoms with Crippen LogP contribution in [0.2, 0.25) is 0 Å². The minimum absolute atomic E-state index is 0.0428. The third kappa shape index (κ3) is 5.48. The van der Waals surface area contributed by atoms with Crippen LogP contribution in [0.15, 0.2) is 0 Å². The molecule has 3 N–H and O–H groups in total. The highest BCUT2D eigenvalue weighted by atomic mass is 32.2. The van der Waals surface area contributed by atoms with Gasteiger partial charge in [0.05, 0.1) is 11.3 Å². The van der Waals surface area contributed by atoms with E-state index < -0.39 is 51.0 Å². The van der Waals surface area contributed by atoms with Crippen molar-refractivity contribution in [2.45, 2.75) is 103 Å². The fraction of sp³-hybridized carbons (Fsp3) is 0.885. The molecule has 10 nitrogen and oxygen atoms in total. The number of carbonyl (C=O) groups excluding carboxylic acids is 2. The number of carboxylic acid groups (broad SMARTS) is 1. The van der Waals surface area contributed by atoms with Gasteiger partial charge in [-0.1, -0.05) is 53.9 Å². The Labute approximate surface area is 220 Å². The molecule has 0 aromatic rings. The lowest BCUT2D eigenvalue weighted by atomic mass is 9.83. The first-order valence-electron chi connectivity index (χ1n) is 13.6. The van der Waals surface area contributed by atoms with Crippen molar-refractivity contribution in [2.75, 3.05) is 19.3 Å². The number of likely N-dealkylation sites (tertiary alicyclic amines) is 1. The monoisotopic (exact) mass is 540 g/mol. The molecule has 37 heavy (non-hydrogen) atoms. The molecule has 4 aliphatic rings. The first-order chi connectivity index (χ1) is 17.0. The van der Waals surface area contributed by atoms with E-state index in [1.54, 1.807) is 7.05 Å². The number of fused-ring (bicyclic) bond motifs is 1. The molecular formula is C26H44N4O6S. The maximum atomic E-state index is 13.7. The van der Waals surface area contributed by atoms with Gasteiger partial charge < -0.3 is 20.6 Å². The highest BCUT2D eigenvalue weighted by Gasteiger charge is 2.70. The van der Waals surface area contributed by atoms with Crippen LogP contribution in [0, 0.1) is 22.7 Å². The van der Waals surface area contributed by atoms with Gasteiger partial charge in [-0.3, -0.25) is 4.79 Å². The minimum atomic E-state index is -3.57. The van der Waals surface area contributed by atoms with Gasteiger partial charge in [-0.25, -0.2) is 22.3 Å². The molecule has 1 saturated heterocycles. The van der Waals surface area contributed by atoms with E-state index in [0.29, 0.717) is 19.4 Å². The van der Waals surface area contributed by atoms with Gasteiger partial charge in [0.25, 0.3) is 0 Å². The van der Waals surface area contributed by atoms with Gasteiger partial charge in [-0.05, 0) is 42.4 Å². The van der Waals surface area contributed by atoms with Crippen molar-refractivity contribution in [1.82, 2.24) is 19.8 Å². The molecule has 1 heterocycles. The molecule has 4 unspecified atom stereocenters. The normalized spacial score (nSPS) is 29.4. The summed E-state index contributed by atoms with van der Waals surface area (Å²) in [5, 5.41) is 15.7. The molecule has 4 atom stereocenters. The Hall–Kier alpha value is -1.88. The van der Waals surface area contributed by atoms with Crippen LogP contribution >= 0.6 is 0 Å². The van der Waals surface area contributed by atoms with Crippen molar-refractivity contribution in [1.29, 1.82) is 0 Å². The number of nitrogens with one attached hydrogen (secondary N) is 2. The molecule has 3 amide bonds. The quantitative estimate of drug-likeness (QED) is 0.433. The number of nitrogens with zero attached hydrogens (tertiary/aromatic N) is 2. The summed E-state index contributed by atoms with van der Waals surface area (Å²) in [5.74, 6) is -1.56. The molecule has 3 aliphatic carbocycles. The van der Waals surface area contributed by atoms with Gasteiger partial charge in [0.2, 0.25) is 15.9 Å². The molecule has 3 saturated carbocycles. The van der Waals surface area contributed by atoms with E-state index in [-0.39, 0.29) is 29.0 Å². The molecular weight excluding hydrogens is 496 g/mol. The second-order valence-corrected chi connectivity index (χ2v) is 15.5. The Morgan fingerprint density at radius 2 is 1.70 bits per heavy atom. The van der Waals surface area contributed by atoms with Crippen LogP contribution in [0.3, 0.4) is 0 Å². The van der Waals surface area contributed by atoms with E-state index >= 15 is 0 Å². The number of hydrogen-bond donors (Lipinski definition) is 3. The minimum Gasteiger partial charge on any atom is -0.480 e. The Balaban J connectivity index is 1.50. The van der Waals surface area contributed by atoms with Gasteiger partial charge in [0, 0.05) is 25.6 Å². The van der Waals surface area contributed by atoms with Crippen LogP contribution in [0.25, 0.3) is 0 Å². The summed E-state index contributed by atoms with van der Waals surface area (Å²) in [7, 11) is -1.96. The lowest BCUT2D eigenvalue weighted by molar-refractivity contribution is -0.152. The largest absolute Gasteiger partial charge is 0.480 e. The number of sulfonamides is 1. The summed E-state index contributed by atoms with van der Waals surface area (Å²) >= 11 is 0. The molecule has 0 bridgehead atoms. The summed E-state index contributed by atoms with van der Waals surface area (Å²) in [6.07, 6.45) is 5.44. The fourth-order valence-corrected chi connectivity index (χ4v) is 8.60. The van der Waals surface area contributed by atoms with Crippen LogP contribution in [0.4, 0.5) is 4.79 Å². The van der Waals surface area contributed by atoms with Gasteiger partial charge in [-0.2, -0.15) is 0 Å². The average molecular weight is 541 g/mol. The van der Waals surface area contributed by atoms with E-state index in [9.17, 15) is 27.9 Å². The number of rotatable bonds is 8. The Morgan fingerprint density at radius 3 is 2.22 bits per heavy atom. The number of piperidine rings is 1. The molecule has 11 heteroatoms. The van der Waals surface area contributed by atoms with Crippen molar-refractivity contribution in [3.63, 3.8) is 0 Å². The van der Waals surface area contributed by atoms with Gasteiger partial charge in [-0.15, -0.1) is 0 Å². The highest BCUT2D eigenvalue weighted by molar-refractivity contribution is 7.89. The Morgan fingerprint density at radius 1 is 1.11 bits per heavy atom. The Bertz CT molecular complexity index is 1040. The van der Waals surface area contributed by atoms with Crippen molar-refractivity contribution in [2.24, 2.45) is 22.7 Å². The van der Waals surface area contributed by atoms with Crippen LogP contribution in [-0.4, -0.2) is 83.6 Å². The lowest BCUT2D eigenvalue weighted by Gasteiger charge is -2.40. The first-order valence-corrected chi connectivity index (χ1v) is 15.2. The molecule has 0 radical (unpaired) electrons. The second-order valence-electron chi connectivity index (χ2n) is 13.5. The number of aliphatic carboxylic acids is 1. The number of hydrogen-bond acceptors (Lipinski definition) is 5. The Kier molecular flexibility index (Phi) is 7.14. The molecule has 1 aliphatic heterocycles. The number of carbonyl (C=O) groups is 3. The molecule has 0 spiro atoms. The predicted molar refractivity (Wildman–Crippen MR) is 139 cm³/mol. The maximum absolute atomic E-state index is 13.7. The van der Waals surface area contributed by atoms with Crippen molar-refractivity contribution < 1.29 is 27.9 Å². The van der Waals surface area contributed by atoms with Crippen molar-refractivity contribution >= 4 is 27.9 Å². The van der Waals surface area contributed by atoms with E-state index in [4.69, 9.17) is 0 Å². The zero-order chi connectivity index (χ0) is 27.6. The smallest absolute Gasteiger partial charge is 0.326 e. The van der Waals surface area contributed by atoms with E-state index in [1.165, 1.54) is 9.21 Å². The van der Waals surface area contributed by atoms with Gasteiger partial charge in [0.1, 0.15) is 12.1 Å². The van der Waals surface area contributed by atoms with E-state index in [2.05, 4.69) is 10.6 Å². The third-order valence-corrected chi connectivity index (χ3v) is 11.4. The highest BCUT2D eigenvalue weighted by Crippen LogP contribution is 2.65. The second kappa shape index (κ2) is 9.39. The number of carboxylic acids is 1. The SMILES string of the molecule is CN(C1CC1)S(=O)(=O)CC1(NC(=O)NC(C(=O)N2CC3C(C2C(=O)O)C3(C)C)C(C)(C)C)CCCCC1. The lowest BCUT2D eigenvalue weighted by Crippen LogP contribution is -2.63. The zero-order valence-corrected chi connectivity index (χ0v) is 23.9. The van der Waals surface area contributed by atoms with Crippen LogP contribution in [0.1, 0.15) is 79.6 Å². The van der Waals surface area contributed by atoms with E-state index in [1.807, 2.05) is 34.6 Å². The van der Waals surface area contributed by atoms with Gasteiger partial charge >= 0.3 is 12.0 Å². The number of amides is 3. The summed E-state index contributed by atoms with van der Waals surface area (Å²) < 4.78 is 27.8. The van der Waals surface area contributed by atoms with Gasteiger partial charge in [0.15, 0.2) is 0 Å². The zero-order valence-electron chi connectivity index (χ0n) is 23.0. The average Bonchev–Trinajstić information content (AvgIpc) is 3.64. The fourth-order valence-electron chi connectivity index (χ4n) is 6.67. The van der Waals surface area contributed by atoms with Crippen LogP contribution in [-0.2, 0) is 19.6 Å². The van der Waals surface area contributed by atoms with Crippen LogP contribution in [0.5, 0.6) is 0 Å². The molecule has 4 rings (SSSR count). The molecule has 0 aromatic heterocycles. The molecule has 210 valence electrons. The first kappa shape index (κ1) is 28.1. The van der Waals surface area contributed by atoms with E-state index in [0.717, 1.165) is 32.1 Å². The predicted octanol–water partition coefficient (Wildman–Crippen LogP) is 2.39. The third-order valence-electron chi connectivity index (χ3n) is 9.28. The summed E-state index contributed by atoms with van der Waals surface area (Å²) in [6, 6.07) is -2.41. The van der Waals surface area contributed by atoms with Crippen molar-refractivity contribution in [3.05, 3.63) is 0 Å². The maximum Gasteiger partial charge on any atom is 0.326 e. The van der Waals surface area contributed by atoms with Crippen LogP contribution < -0.4 is 10.6 Å². The standard InChI is InChI=1S/C26H44N4O6S/c1-24(2,3)20(21(31)30-14-17-18(25(17,4)5)19(30)22(32)33)27-23(34)28-26(12-8-7-9-13-26)15-37(35,36)29(6)16-10-11-16/h16-20H,7-15H2,1-6H3,(H,32,33)(H2,27,28,34). The topological polar surface area (TPSA) is 136 Å². The summed E-state index contributed by atoms with van der Waals surface area (Å²) in [5.41, 5.74) is -1.70. The molecule has 0 aromatic carbocycles. The summed E-state index contributed by atoms with van der Waals surface area (Å²) in [6.45, 7) is 9.92. The summed E-state index contributed by atoms with van der Waals surface area (Å²) in [4.78, 5) is 40.6. The number of urea groups is 1.